The summed E-state index contributed by atoms with van der Waals surface area (Å²) in [6, 6.07) is 7.11. The number of allylic oxidation sites excluding steroid dienone is 1. The van der Waals surface area contributed by atoms with Crippen LogP contribution in [0.4, 0.5) is 0 Å². The Morgan fingerprint density at radius 3 is 2.80 bits per heavy atom. The first kappa shape index (κ1) is 25.3. The quantitative estimate of drug-likeness (QED) is 0.409. The number of amides is 1. The van der Waals surface area contributed by atoms with E-state index in [0.29, 0.717) is 23.6 Å². The van der Waals surface area contributed by atoms with Crippen LogP contribution in [0.1, 0.15) is 31.4 Å². The first-order valence-electron chi connectivity index (χ1n) is 11.7. The third-order valence-corrected chi connectivity index (χ3v) is 7.12. The van der Waals surface area contributed by atoms with Crippen LogP contribution in [-0.4, -0.2) is 80.5 Å². The van der Waals surface area contributed by atoms with Crippen molar-refractivity contribution in [2.24, 2.45) is 4.99 Å². The molecule has 1 saturated heterocycles. The largest absolute Gasteiger partial charge is 0.497 e. The minimum atomic E-state index is -0.472. The number of aliphatic imine (C=N–C) groups is 1. The van der Waals surface area contributed by atoms with Gasteiger partial charge in [0.05, 0.1) is 51.2 Å². The fourth-order valence-electron chi connectivity index (χ4n) is 4.45. The summed E-state index contributed by atoms with van der Waals surface area (Å²) >= 11 is 1.45. The summed E-state index contributed by atoms with van der Waals surface area (Å²) in [7, 11) is 2.97. The second kappa shape index (κ2) is 11.7. The number of nitrogens with one attached hydrogen (secondary N) is 1. The standard InChI is InChI=1S/C25H32N4O5S/c1-17-22(24(31)33-3)23(18-6-4-7-20(14-18)32-2)29-19(16-35-25(29)27-17)15-21(30)26-8-5-9-28-10-12-34-13-11-28/h4,6-7,14,16,23H,5,8-13,15H2,1-3H3,(H,26,30)/t23-/m0/s1. The number of esters is 1. The topological polar surface area (TPSA) is 92.7 Å². The summed E-state index contributed by atoms with van der Waals surface area (Å²) < 4.78 is 15.9. The van der Waals surface area contributed by atoms with Gasteiger partial charge in [0.2, 0.25) is 5.91 Å². The van der Waals surface area contributed by atoms with Crippen LogP contribution < -0.4 is 10.1 Å². The van der Waals surface area contributed by atoms with E-state index in [-0.39, 0.29) is 12.3 Å². The maximum absolute atomic E-state index is 12.8. The molecule has 0 spiro atoms. The number of carbonyl (C=O) groups is 2. The van der Waals surface area contributed by atoms with Crippen LogP contribution in [0, 0.1) is 0 Å². The molecule has 1 aromatic rings. The van der Waals surface area contributed by atoms with Crippen molar-refractivity contribution in [3.05, 3.63) is 52.2 Å². The van der Waals surface area contributed by atoms with Gasteiger partial charge in [-0.1, -0.05) is 23.9 Å². The molecule has 0 aromatic heterocycles. The van der Waals surface area contributed by atoms with Gasteiger partial charge in [0.15, 0.2) is 5.17 Å². The molecule has 0 unspecified atom stereocenters. The maximum atomic E-state index is 12.8. The summed E-state index contributed by atoms with van der Waals surface area (Å²) in [5.74, 6) is 0.182. The van der Waals surface area contributed by atoms with Crippen molar-refractivity contribution in [2.45, 2.75) is 25.8 Å². The van der Waals surface area contributed by atoms with Gasteiger partial charge in [-0.25, -0.2) is 9.79 Å². The second-order valence-electron chi connectivity index (χ2n) is 8.50. The summed E-state index contributed by atoms with van der Waals surface area (Å²) in [4.78, 5) is 34.6. The summed E-state index contributed by atoms with van der Waals surface area (Å²) in [5, 5.41) is 5.71. The molecule has 0 saturated carbocycles. The van der Waals surface area contributed by atoms with Crippen molar-refractivity contribution < 1.29 is 23.8 Å². The lowest BCUT2D eigenvalue weighted by atomic mass is 9.93. The van der Waals surface area contributed by atoms with Crippen LogP contribution >= 0.6 is 11.8 Å². The van der Waals surface area contributed by atoms with Crippen LogP contribution in [-0.2, 0) is 19.1 Å². The SMILES string of the molecule is COC(=O)C1=C(C)N=C2SC=C(CC(=O)NCCCN3CCOCC3)N2[C@H]1c1cccc(OC)c1. The molecule has 3 aliphatic heterocycles. The Kier molecular flexibility index (Phi) is 8.48. The average Bonchev–Trinajstić information content (AvgIpc) is 3.27. The number of ether oxygens (including phenoxy) is 3. The van der Waals surface area contributed by atoms with E-state index < -0.39 is 12.0 Å². The molecule has 1 amide bonds. The Morgan fingerprint density at radius 2 is 2.06 bits per heavy atom. The number of fused-ring (bicyclic) bond motifs is 1. The number of methoxy groups -OCH3 is 2. The highest BCUT2D eigenvalue weighted by Gasteiger charge is 2.41. The van der Waals surface area contributed by atoms with E-state index in [4.69, 9.17) is 14.2 Å². The monoisotopic (exact) mass is 500 g/mol. The number of rotatable bonds is 9. The number of hydrogen-bond donors (Lipinski definition) is 1. The van der Waals surface area contributed by atoms with Crippen LogP contribution in [0.3, 0.4) is 0 Å². The van der Waals surface area contributed by atoms with Crippen molar-refractivity contribution in [1.29, 1.82) is 0 Å². The molecule has 0 aliphatic carbocycles. The summed E-state index contributed by atoms with van der Waals surface area (Å²) in [6.45, 7) is 6.79. The highest BCUT2D eigenvalue weighted by atomic mass is 32.2. The molecule has 188 valence electrons. The van der Waals surface area contributed by atoms with Gasteiger partial charge in [-0.3, -0.25) is 9.69 Å². The zero-order valence-electron chi connectivity index (χ0n) is 20.4. The third kappa shape index (κ3) is 5.88. The molecule has 1 fully saturated rings. The summed E-state index contributed by atoms with van der Waals surface area (Å²) in [5.41, 5.74) is 2.70. The molecule has 0 radical (unpaired) electrons. The van der Waals surface area contributed by atoms with Gasteiger partial charge in [0.1, 0.15) is 5.75 Å². The molecule has 35 heavy (non-hydrogen) atoms. The normalized spacial score (nSPS) is 20.2. The Hall–Kier alpha value is -2.82. The van der Waals surface area contributed by atoms with Gasteiger partial charge >= 0.3 is 5.97 Å². The highest BCUT2D eigenvalue weighted by Crippen LogP contribution is 2.45. The van der Waals surface area contributed by atoms with Crippen molar-refractivity contribution in [3.63, 3.8) is 0 Å². The summed E-state index contributed by atoms with van der Waals surface area (Å²) in [6.07, 6.45) is 1.08. The van der Waals surface area contributed by atoms with E-state index in [1.165, 1.54) is 18.9 Å². The number of amidine groups is 1. The molecular weight excluding hydrogens is 468 g/mol. The number of benzene rings is 1. The molecule has 9 nitrogen and oxygen atoms in total. The Morgan fingerprint density at radius 1 is 1.26 bits per heavy atom. The lowest BCUT2D eigenvalue weighted by Crippen LogP contribution is -2.39. The fourth-order valence-corrected chi connectivity index (χ4v) is 5.41. The predicted molar refractivity (Wildman–Crippen MR) is 135 cm³/mol. The van der Waals surface area contributed by atoms with Crippen molar-refractivity contribution in [3.8, 4) is 5.75 Å². The first-order chi connectivity index (χ1) is 17.0. The number of nitrogens with zero attached hydrogens (tertiary/aromatic N) is 3. The van der Waals surface area contributed by atoms with Gasteiger partial charge in [0, 0.05) is 25.3 Å². The molecule has 10 heteroatoms. The van der Waals surface area contributed by atoms with Gasteiger partial charge in [-0.15, -0.1) is 0 Å². The van der Waals surface area contributed by atoms with Crippen LogP contribution in [0.15, 0.2) is 51.6 Å². The van der Waals surface area contributed by atoms with E-state index in [2.05, 4.69) is 15.2 Å². The number of hydrogen-bond acceptors (Lipinski definition) is 9. The second-order valence-corrected chi connectivity index (χ2v) is 9.33. The van der Waals surface area contributed by atoms with E-state index in [9.17, 15) is 9.59 Å². The molecule has 3 aliphatic rings. The lowest BCUT2D eigenvalue weighted by molar-refractivity contribution is -0.136. The molecule has 0 bridgehead atoms. The zero-order valence-corrected chi connectivity index (χ0v) is 21.2. The molecule has 1 N–H and O–H groups in total. The average molecular weight is 501 g/mol. The van der Waals surface area contributed by atoms with E-state index in [1.807, 2.05) is 41.5 Å². The minimum Gasteiger partial charge on any atom is -0.497 e. The fraction of sp³-hybridized carbons (Fsp3) is 0.480. The van der Waals surface area contributed by atoms with Crippen LogP contribution in [0.5, 0.6) is 5.75 Å². The number of carbonyl (C=O) groups excluding carboxylic acids is 2. The van der Waals surface area contributed by atoms with Crippen LogP contribution in [0.2, 0.25) is 0 Å². The molecule has 1 atom stereocenters. The number of morpholine rings is 1. The smallest absolute Gasteiger partial charge is 0.338 e. The van der Waals surface area contributed by atoms with Crippen LogP contribution in [0.25, 0.3) is 0 Å². The molecule has 4 rings (SSSR count). The van der Waals surface area contributed by atoms with E-state index >= 15 is 0 Å². The minimum absolute atomic E-state index is 0.0598. The number of thioether (sulfide) groups is 1. The molecule has 3 heterocycles. The molecular formula is C25H32N4O5S. The van der Waals surface area contributed by atoms with Gasteiger partial charge in [-0.05, 0) is 43.0 Å². The zero-order chi connectivity index (χ0) is 24.8. The van der Waals surface area contributed by atoms with Gasteiger partial charge < -0.3 is 24.4 Å². The van der Waals surface area contributed by atoms with Crippen molar-refractivity contribution in [2.75, 3.05) is 53.6 Å². The van der Waals surface area contributed by atoms with Gasteiger partial charge in [0.25, 0.3) is 0 Å². The Labute approximate surface area is 210 Å². The van der Waals surface area contributed by atoms with Crippen molar-refractivity contribution >= 4 is 28.8 Å². The maximum Gasteiger partial charge on any atom is 0.338 e. The lowest BCUT2D eigenvalue weighted by Gasteiger charge is -2.36. The Bertz CT molecular complexity index is 1050. The van der Waals surface area contributed by atoms with E-state index in [1.54, 1.807) is 7.11 Å². The Balaban J connectivity index is 1.47. The first-order valence-corrected chi connectivity index (χ1v) is 12.6. The molecule has 1 aromatic carbocycles. The third-order valence-electron chi connectivity index (χ3n) is 6.23. The highest BCUT2D eigenvalue weighted by molar-refractivity contribution is 8.16. The van der Waals surface area contributed by atoms with E-state index in [0.717, 1.165) is 55.7 Å². The predicted octanol–water partition coefficient (Wildman–Crippen LogP) is 2.67. The van der Waals surface area contributed by atoms with Gasteiger partial charge in [-0.2, -0.15) is 0 Å². The van der Waals surface area contributed by atoms with Crippen molar-refractivity contribution in [1.82, 2.24) is 15.1 Å².